The number of hydrogen-bond acceptors (Lipinski definition) is 3. The Morgan fingerprint density at radius 3 is 2.53 bits per heavy atom. The average Bonchev–Trinajstić information content (AvgIpc) is 2.27. The molecule has 4 nitrogen and oxygen atoms in total. The summed E-state index contributed by atoms with van der Waals surface area (Å²) in [6.45, 7) is 8.00. The molecule has 88 valence electrons. The Bertz CT molecular complexity index is 295. The van der Waals surface area contributed by atoms with E-state index < -0.39 is 10.0 Å². The van der Waals surface area contributed by atoms with Gasteiger partial charge in [-0.1, -0.05) is 13.0 Å². The molecule has 0 aliphatic carbocycles. The lowest BCUT2D eigenvalue weighted by Gasteiger charge is -2.28. The van der Waals surface area contributed by atoms with Crippen LogP contribution in [0, 0.1) is 0 Å². The molecule has 0 radical (unpaired) electrons. The van der Waals surface area contributed by atoms with Crippen LogP contribution >= 0.6 is 0 Å². The van der Waals surface area contributed by atoms with Crippen LogP contribution in [0.5, 0.6) is 0 Å². The predicted molar refractivity (Wildman–Crippen MR) is 62.3 cm³/mol. The van der Waals surface area contributed by atoms with Crippen molar-refractivity contribution in [1.82, 2.24) is 9.62 Å². The molecule has 1 aliphatic heterocycles. The third-order valence-corrected chi connectivity index (χ3v) is 5.19. The number of nitrogens with one attached hydrogen (secondary N) is 1. The van der Waals surface area contributed by atoms with E-state index in [1.165, 1.54) is 4.31 Å². The Hall–Kier alpha value is -0.390. The number of rotatable bonds is 5. The number of sulfonamides is 1. The van der Waals surface area contributed by atoms with Crippen LogP contribution in [0.25, 0.3) is 0 Å². The second kappa shape index (κ2) is 5.63. The first-order valence-electron chi connectivity index (χ1n) is 5.43. The van der Waals surface area contributed by atoms with Crippen LogP contribution in [-0.4, -0.2) is 44.2 Å². The molecule has 1 rings (SSSR count). The normalized spacial score (nSPS) is 19.3. The molecule has 1 fully saturated rings. The smallest absolute Gasteiger partial charge is 0.217 e. The van der Waals surface area contributed by atoms with E-state index in [-0.39, 0.29) is 5.25 Å². The predicted octanol–water partition coefficient (Wildman–Crippen LogP) is 0.576. The van der Waals surface area contributed by atoms with Gasteiger partial charge in [0.15, 0.2) is 0 Å². The van der Waals surface area contributed by atoms with E-state index in [9.17, 15) is 8.42 Å². The summed E-state index contributed by atoms with van der Waals surface area (Å²) in [5.74, 6) is 0. The van der Waals surface area contributed by atoms with E-state index in [4.69, 9.17) is 0 Å². The summed E-state index contributed by atoms with van der Waals surface area (Å²) in [7, 11) is -3.11. The topological polar surface area (TPSA) is 49.4 Å². The highest BCUT2D eigenvalue weighted by Crippen LogP contribution is 2.17. The highest BCUT2D eigenvalue weighted by molar-refractivity contribution is 7.89. The zero-order valence-electron chi connectivity index (χ0n) is 9.28. The van der Waals surface area contributed by atoms with Crippen LogP contribution in [0.4, 0.5) is 0 Å². The summed E-state index contributed by atoms with van der Waals surface area (Å²) < 4.78 is 25.8. The molecule has 0 saturated carbocycles. The van der Waals surface area contributed by atoms with Crippen molar-refractivity contribution in [2.45, 2.75) is 25.0 Å². The van der Waals surface area contributed by atoms with Gasteiger partial charge in [0.2, 0.25) is 10.0 Å². The Morgan fingerprint density at radius 1 is 1.47 bits per heavy atom. The van der Waals surface area contributed by atoms with Crippen molar-refractivity contribution in [2.75, 3.05) is 26.2 Å². The Balaban J connectivity index is 2.73. The summed E-state index contributed by atoms with van der Waals surface area (Å²) >= 11 is 0. The third kappa shape index (κ3) is 3.03. The molecule has 1 saturated heterocycles. The van der Waals surface area contributed by atoms with Gasteiger partial charge in [-0.05, 0) is 25.9 Å². The molecule has 15 heavy (non-hydrogen) atoms. The van der Waals surface area contributed by atoms with Crippen LogP contribution in [-0.2, 0) is 10.0 Å². The maximum atomic E-state index is 12.2. The van der Waals surface area contributed by atoms with Crippen molar-refractivity contribution in [1.29, 1.82) is 0 Å². The van der Waals surface area contributed by atoms with E-state index in [1.54, 1.807) is 6.08 Å². The minimum Gasteiger partial charge on any atom is -0.317 e. The van der Waals surface area contributed by atoms with Crippen molar-refractivity contribution < 1.29 is 8.42 Å². The van der Waals surface area contributed by atoms with Crippen LogP contribution in [0.3, 0.4) is 0 Å². The van der Waals surface area contributed by atoms with E-state index in [0.717, 1.165) is 25.9 Å². The highest BCUT2D eigenvalue weighted by Gasteiger charge is 2.31. The fourth-order valence-corrected chi connectivity index (χ4v) is 3.79. The number of likely N-dealkylation sites (N-methyl/N-ethyl adjacent to an activating group) is 1. The van der Waals surface area contributed by atoms with Crippen LogP contribution in [0.2, 0.25) is 0 Å². The number of hydrogen-bond donors (Lipinski definition) is 1. The van der Waals surface area contributed by atoms with Gasteiger partial charge in [-0.2, -0.15) is 4.31 Å². The molecule has 0 aromatic carbocycles. The van der Waals surface area contributed by atoms with Gasteiger partial charge >= 0.3 is 0 Å². The molecule has 5 heteroatoms. The van der Waals surface area contributed by atoms with Crippen molar-refractivity contribution in [2.24, 2.45) is 0 Å². The summed E-state index contributed by atoms with van der Waals surface area (Å²) in [5, 5.41) is 2.96. The first-order chi connectivity index (χ1) is 7.12. The standard InChI is InChI=1S/C10H20N2O2S/c1-3-9-12(4-2)15(13,14)10-5-7-11-8-6-10/h3,10-11H,1,4-9H2,2H3. The molecule has 0 spiro atoms. The van der Waals surface area contributed by atoms with Gasteiger partial charge in [0.25, 0.3) is 0 Å². The molecule has 1 heterocycles. The molecular formula is C10H20N2O2S. The van der Waals surface area contributed by atoms with E-state index in [1.807, 2.05) is 6.92 Å². The molecule has 0 amide bonds. The minimum absolute atomic E-state index is 0.210. The quantitative estimate of drug-likeness (QED) is 0.705. The fraction of sp³-hybridized carbons (Fsp3) is 0.800. The SMILES string of the molecule is C=CCN(CC)S(=O)(=O)C1CCNCC1. The number of nitrogens with zero attached hydrogens (tertiary/aromatic N) is 1. The molecule has 0 aromatic heterocycles. The minimum atomic E-state index is -3.11. The van der Waals surface area contributed by atoms with Crippen molar-refractivity contribution >= 4 is 10.0 Å². The van der Waals surface area contributed by atoms with Gasteiger partial charge in [-0.25, -0.2) is 8.42 Å². The van der Waals surface area contributed by atoms with E-state index >= 15 is 0 Å². The summed E-state index contributed by atoms with van der Waals surface area (Å²) in [4.78, 5) is 0. The molecule has 0 atom stereocenters. The van der Waals surface area contributed by atoms with Gasteiger partial charge in [0.1, 0.15) is 0 Å². The van der Waals surface area contributed by atoms with Crippen LogP contribution < -0.4 is 5.32 Å². The molecule has 0 unspecified atom stereocenters. The monoisotopic (exact) mass is 232 g/mol. The Morgan fingerprint density at radius 2 is 2.07 bits per heavy atom. The van der Waals surface area contributed by atoms with Crippen molar-refractivity contribution in [3.63, 3.8) is 0 Å². The average molecular weight is 232 g/mol. The molecule has 1 N–H and O–H groups in total. The lowest BCUT2D eigenvalue weighted by molar-refractivity contribution is 0.424. The first kappa shape index (κ1) is 12.7. The summed E-state index contributed by atoms with van der Waals surface area (Å²) in [6.07, 6.45) is 3.08. The van der Waals surface area contributed by atoms with Gasteiger partial charge in [0.05, 0.1) is 5.25 Å². The molecular weight excluding hydrogens is 212 g/mol. The van der Waals surface area contributed by atoms with E-state index in [0.29, 0.717) is 13.1 Å². The zero-order valence-corrected chi connectivity index (χ0v) is 10.1. The maximum Gasteiger partial charge on any atom is 0.217 e. The molecule has 1 aliphatic rings. The second-order valence-electron chi connectivity index (χ2n) is 3.73. The van der Waals surface area contributed by atoms with Gasteiger partial charge in [-0.15, -0.1) is 6.58 Å². The lowest BCUT2D eigenvalue weighted by atomic mass is 10.2. The Labute approximate surface area is 92.4 Å². The van der Waals surface area contributed by atoms with Gasteiger partial charge in [-0.3, -0.25) is 0 Å². The largest absolute Gasteiger partial charge is 0.317 e. The second-order valence-corrected chi connectivity index (χ2v) is 5.95. The van der Waals surface area contributed by atoms with E-state index in [2.05, 4.69) is 11.9 Å². The third-order valence-electron chi connectivity index (χ3n) is 2.75. The van der Waals surface area contributed by atoms with Crippen LogP contribution in [0.15, 0.2) is 12.7 Å². The van der Waals surface area contributed by atoms with Crippen molar-refractivity contribution in [3.05, 3.63) is 12.7 Å². The molecule has 0 aromatic rings. The van der Waals surface area contributed by atoms with Crippen molar-refractivity contribution in [3.8, 4) is 0 Å². The summed E-state index contributed by atoms with van der Waals surface area (Å²) in [6, 6.07) is 0. The molecule has 0 bridgehead atoms. The Kier molecular flexibility index (Phi) is 4.76. The first-order valence-corrected chi connectivity index (χ1v) is 6.93. The lowest BCUT2D eigenvalue weighted by Crippen LogP contribution is -2.43. The maximum absolute atomic E-state index is 12.2. The van der Waals surface area contributed by atoms with Crippen LogP contribution in [0.1, 0.15) is 19.8 Å². The zero-order chi connectivity index (χ0) is 11.3. The number of piperidine rings is 1. The fourth-order valence-electron chi connectivity index (χ4n) is 1.86. The van der Waals surface area contributed by atoms with Gasteiger partial charge in [0, 0.05) is 13.1 Å². The summed E-state index contributed by atoms with van der Waals surface area (Å²) in [5.41, 5.74) is 0. The van der Waals surface area contributed by atoms with Gasteiger partial charge < -0.3 is 5.32 Å². The highest BCUT2D eigenvalue weighted by atomic mass is 32.2.